The summed E-state index contributed by atoms with van der Waals surface area (Å²) in [6, 6.07) is 9.67. The van der Waals surface area contributed by atoms with E-state index in [1.54, 1.807) is 43.5 Å². The van der Waals surface area contributed by atoms with E-state index in [9.17, 15) is 14.4 Å². The van der Waals surface area contributed by atoms with Crippen LogP contribution in [-0.2, 0) is 20.9 Å². The lowest BCUT2D eigenvalue weighted by atomic mass is 10.2. The number of carbonyl (C=O) groups excluding carboxylic acids is 3. The van der Waals surface area contributed by atoms with Crippen molar-refractivity contribution in [3.63, 3.8) is 0 Å². The molecular weight excluding hydrogens is 461 g/mol. The second kappa shape index (κ2) is 8.92. The van der Waals surface area contributed by atoms with Crippen LogP contribution in [0.2, 0.25) is 10.0 Å². The molecule has 7 nitrogen and oxygen atoms in total. The predicted octanol–water partition coefficient (Wildman–Crippen LogP) is 4.05. The Morgan fingerprint density at radius 1 is 1.13 bits per heavy atom. The topological polar surface area (TPSA) is 81.0 Å². The highest BCUT2D eigenvalue weighted by molar-refractivity contribution is 7.16. The van der Waals surface area contributed by atoms with E-state index in [0.717, 1.165) is 15.1 Å². The highest BCUT2D eigenvalue weighted by atomic mass is 35.5. The van der Waals surface area contributed by atoms with Gasteiger partial charge in [-0.2, -0.15) is 4.99 Å². The predicted molar refractivity (Wildman–Crippen MR) is 120 cm³/mol. The molecule has 0 radical (unpaired) electrons. The maximum Gasteiger partial charge on any atom is 0.279 e. The first-order valence-corrected chi connectivity index (χ1v) is 11.0. The van der Waals surface area contributed by atoms with Crippen LogP contribution in [-0.4, -0.2) is 36.0 Å². The first kappa shape index (κ1) is 21.7. The van der Waals surface area contributed by atoms with E-state index in [1.165, 1.54) is 11.3 Å². The molecule has 0 atom stereocenters. The molecule has 3 amide bonds. The average Bonchev–Trinajstić information content (AvgIpc) is 3.25. The highest BCUT2D eigenvalue weighted by Crippen LogP contribution is 2.30. The summed E-state index contributed by atoms with van der Waals surface area (Å²) in [5.74, 6) is -0.937. The lowest BCUT2D eigenvalue weighted by molar-refractivity contribution is -0.121. The summed E-state index contributed by atoms with van der Waals surface area (Å²) in [4.78, 5) is 42.5. The van der Waals surface area contributed by atoms with Crippen LogP contribution in [0.1, 0.15) is 23.2 Å². The number of fused-ring (bicyclic) bond motifs is 1. The van der Waals surface area contributed by atoms with Crippen molar-refractivity contribution in [2.45, 2.75) is 19.4 Å². The molecule has 160 valence electrons. The summed E-state index contributed by atoms with van der Waals surface area (Å²) in [6.07, 6.45) is 0.406. The molecular formula is C21H17Cl2N3O4S. The SMILES string of the molecule is COCCn1c(=NC(=O)c2ccc(N3C(=O)CCC3=O)cc2)sc2cc(Cl)cc(Cl)c21. The number of carbonyl (C=O) groups is 3. The van der Waals surface area contributed by atoms with Crippen molar-refractivity contribution in [2.75, 3.05) is 18.6 Å². The molecule has 1 aliphatic rings. The Morgan fingerprint density at radius 2 is 1.81 bits per heavy atom. The molecule has 3 aromatic rings. The molecule has 0 N–H and O–H groups in total. The monoisotopic (exact) mass is 477 g/mol. The number of halogens is 2. The lowest BCUT2D eigenvalue weighted by Gasteiger charge is -2.13. The molecule has 0 aliphatic carbocycles. The fourth-order valence-electron chi connectivity index (χ4n) is 3.37. The number of thiazole rings is 1. The van der Waals surface area contributed by atoms with E-state index >= 15 is 0 Å². The molecule has 1 saturated heterocycles. The summed E-state index contributed by atoms with van der Waals surface area (Å²) in [7, 11) is 1.59. The molecule has 2 aromatic carbocycles. The number of rotatable bonds is 5. The van der Waals surface area contributed by atoms with Gasteiger partial charge in [0.25, 0.3) is 5.91 Å². The number of hydrogen-bond donors (Lipinski definition) is 0. The first-order valence-electron chi connectivity index (χ1n) is 9.41. The lowest BCUT2D eigenvalue weighted by Crippen LogP contribution is -2.28. The van der Waals surface area contributed by atoms with Crippen molar-refractivity contribution in [1.82, 2.24) is 4.57 Å². The van der Waals surface area contributed by atoms with Crippen LogP contribution >= 0.6 is 34.5 Å². The fourth-order valence-corrected chi connectivity index (χ4v) is 5.21. The van der Waals surface area contributed by atoms with Crippen LogP contribution in [0.15, 0.2) is 41.4 Å². The van der Waals surface area contributed by atoms with Gasteiger partial charge >= 0.3 is 0 Å². The van der Waals surface area contributed by atoms with Crippen LogP contribution in [0, 0.1) is 0 Å². The van der Waals surface area contributed by atoms with Crippen molar-refractivity contribution in [2.24, 2.45) is 4.99 Å². The van der Waals surface area contributed by atoms with Gasteiger partial charge in [-0.05, 0) is 36.4 Å². The third-order valence-electron chi connectivity index (χ3n) is 4.84. The highest BCUT2D eigenvalue weighted by Gasteiger charge is 2.30. The first-order chi connectivity index (χ1) is 14.9. The molecule has 0 spiro atoms. The Kier molecular flexibility index (Phi) is 6.24. The number of hydrogen-bond acceptors (Lipinski definition) is 5. The number of aromatic nitrogens is 1. The standard InChI is InChI=1S/C21H17Cl2N3O4S/c1-30-9-8-25-19-15(23)10-13(22)11-16(19)31-21(25)24-20(29)12-2-4-14(5-3-12)26-17(27)6-7-18(26)28/h2-5,10-11H,6-9H2,1H3. The minimum atomic E-state index is -0.453. The Bertz CT molecular complexity index is 1250. The molecule has 0 unspecified atom stereocenters. The Hall–Kier alpha value is -2.52. The molecule has 31 heavy (non-hydrogen) atoms. The summed E-state index contributed by atoms with van der Waals surface area (Å²) in [5, 5.41) is 0.963. The van der Waals surface area contributed by atoms with Crippen LogP contribution in [0.4, 0.5) is 5.69 Å². The number of anilines is 1. The van der Waals surface area contributed by atoms with Gasteiger partial charge in [0.05, 0.1) is 27.5 Å². The average molecular weight is 478 g/mol. The van der Waals surface area contributed by atoms with Crippen molar-refractivity contribution >= 4 is 68.2 Å². The Morgan fingerprint density at radius 3 is 2.45 bits per heavy atom. The van der Waals surface area contributed by atoms with E-state index in [-0.39, 0.29) is 24.7 Å². The molecule has 0 saturated carbocycles. The van der Waals surface area contributed by atoms with E-state index in [0.29, 0.717) is 39.2 Å². The van der Waals surface area contributed by atoms with Gasteiger partial charge in [0, 0.05) is 37.1 Å². The third kappa shape index (κ3) is 4.29. The van der Waals surface area contributed by atoms with Crippen LogP contribution in [0.25, 0.3) is 10.2 Å². The zero-order valence-corrected chi connectivity index (χ0v) is 18.8. The van der Waals surface area contributed by atoms with Crippen molar-refractivity contribution in [3.05, 3.63) is 56.8 Å². The summed E-state index contributed by atoms with van der Waals surface area (Å²) in [6.45, 7) is 0.876. The molecule has 0 bridgehead atoms. The number of methoxy groups -OCH3 is 1. The van der Waals surface area contributed by atoms with E-state index < -0.39 is 5.91 Å². The summed E-state index contributed by atoms with van der Waals surface area (Å²) >= 11 is 13.8. The number of ether oxygens (including phenoxy) is 1. The van der Waals surface area contributed by atoms with Crippen LogP contribution in [0.5, 0.6) is 0 Å². The van der Waals surface area contributed by atoms with Gasteiger partial charge in [-0.25, -0.2) is 0 Å². The normalized spacial score (nSPS) is 14.8. The smallest absolute Gasteiger partial charge is 0.279 e. The van der Waals surface area contributed by atoms with Gasteiger partial charge in [0.2, 0.25) is 11.8 Å². The van der Waals surface area contributed by atoms with E-state index in [4.69, 9.17) is 27.9 Å². The quantitative estimate of drug-likeness (QED) is 0.519. The zero-order chi connectivity index (χ0) is 22.1. The second-order valence-electron chi connectivity index (χ2n) is 6.85. The maximum absolute atomic E-state index is 12.8. The number of nitrogens with zero attached hydrogens (tertiary/aromatic N) is 3. The molecule has 1 aromatic heterocycles. The molecule has 4 rings (SSSR count). The van der Waals surface area contributed by atoms with Gasteiger partial charge in [0.15, 0.2) is 4.80 Å². The summed E-state index contributed by atoms with van der Waals surface area (Å²) < 4.78 is 7.82. The van der Waals surface area contributed by atoms with Crippen LogP contribution < -0.4 is 9.70 Å². The fraction of sp³-hybridized carbons (Fsp3) is 0.238. The van der Waals surface area contributed by atoms with Crippen molar-refractivity contribution in [3.8, 4) is 0 Å². The third-order valence-corrected chi connectivity index (χ3v) is 6.37. The number of imide groups is 1. The van der Waals surface area contributed by atoms with Gasteiger partial charge in [-0.3, -0.25) is 19.3 Å². The minimum Gasteiger partial charge on any atom is -0.383 e. The summed E-state index contributed by atoms with van der Waals surface area (Å²) in [5.41, 5.74) is 1.52. The minimum absolute atomic E-state index is 0.203. The maximum atomic E-state index is 12.8. The van der Waals surface area contributed by atoms with Gasteiger partial charge in [-0.15, -0.1) is 0 Å². The molecule has 10 heteroatoms. The molecule has 2 heterocycles. The van der Waals surface area contributed by atoms with Gasteiger partial charge in [0.1, 0.15) is 0 Å². The molecule has 1 fully saturated rings. The Balaban J connectivity index is 1.71. The number of benzene rings is 2. The number of amides is 3. The van der Waals surface area contributed by atoms with Crippen molar-refractivity contribution in [1.29, 1.82) is 0 Å². The van der Waals surface area contributed by atoms with E-state index in [2.05, 4.69) is 4.99 Å². The van der Waals surface area contributed by atoms with E-state index in [1.807, 2.05) is 4.57 Å². The second-order valence-corrected chi connectivity index (χ2v) is 8.70. The Labute approximate surface area is 191 Å². The largest absolute Gasteiger partial charge is 0.383 e. The van der Waals surface area contributed by atoms with Gasteiger partial charge in [-0.1, -0.05) is 34.5 Å². The zero-order valence-electron chi connectivity index (χ0n) is 16.4. The van der Waals surface area contributed by atoms with Crippen LogP contribution in [0.3, 0.4) is 0 Å². The van der Waals surface area contributed by atoms with Crippen molar-refractivity contribution < 1.29 is 19.1 Å². The van der Waals surface area contributed by atoms with Gasteiger partial charge < -0.3 is 9.30 Å². The molecule has 1 aliphatic heterocycles.